The third-order valence-corrected chi connectivity index (χ3v) is 4.29. The predicted octanol–water partition coefficient (Wildman–Crippen LogP) is 4.26. The van der Waals surface area contributed by atoms with Crippen LogP contribution in [-0.2, 0) is 4.79 Å². The maximum Gasteiger partial charge on any atom is 0.267 e. The Morgan fingerprint density at radius 1 is 1.07 bits per heavy atom. The highest BCUT2D eigenvalue weighted by Crippen LogP contribution is 2.27. The number of benzene rings is 2. The molecule has 3 N–H and O–H groups in total. The number of aryl methyl sites for hydroxylation is 2. The quantitative estimate of drug-likeness (QED) is 0.324. The van der Waals surface area contributed by atoms with Gasteiger partial charge in [-0.1, -0.05) is 35.9 Å². The minimum atomic E-state index is -0.674. The number of carbonyl (C=O) groups excluding carboxylic acids is 2. The Labute approximate surface area is 174 Å². The van der Waals surface area contributed by atoms with E-state index in [1.165, 1.54) is 11.6 Å². The number of carbonyl (C=O) groups is 2. The molecule has 30 heavy (non-hydrogen) atoms. The molecule has 3 aromatic rings. The van der Waals surface area contributed by atoms with Crippen LogP contribution in [0.3, 0.4) is 0 Å². The number of hydrogen-bond acceptors (Lipinski definition) is 5. The van der Waals surface area contributed by atoms with Crippen molar-refractivity contribution in [1.29, 1.82) is 0 Å². The van der Waals surface area contributed by atoms with Gasteiger partial charge >= 0.3 is 0 Å². The minimum Gasteiger partial charge on any atom is -0.438 e. The first-order chi connectivity index (χ1) is 14.5. The molecule has 0 fully saturated rings. The summed E-state index contributed by atoms with van der Waals surface area (Å²) in [6.45, 7) is 3.92. The zero-order valence-electron chi connectivity index (χ0n) is 16.5. The second-order valence-electron chi connectivity index (χ2n) is 6.58. The lowest BCUT2D eigenvalue weighted by Gasteiger charge is -2.13. The monoisotopic (exact) mass is 403 g/mol. The Balaban J connectivity index is 1.85. The maximum absolute atomic E-state index is 12.9. The van der Waals surface area contributed by atoms with Crippen LogP contribution < -0.4 is 15.5 Å². The summed E-state index contributed by atoms with van der Waals surface area (Å²) in [4.78, 5) is 28.4. The standard InChI is InChI=1S/C23H21N3O4/c1-15-9-11-20(16(2)14-15)30-23-18(7-5-13-24-23)22(28)25-19-8-4-3-6-17(19)10-12-21(27)26-29/h3-14,29H,1-2H3,(H,25,28)(H,26,27)/b12-10+. The zero-order valence-corrected chi connectivity index (χ0v) is 16.5. The average Bonchev–Trinajstić information content (AvgIpc) is 2.75. The molecule has 7 nitrogen and oxygen atoms in total. The van der Waals surface area contributed by atoms with E-state index in [1.807, 2.05) is 32.0 Å². The van der Waals surface area contributed by atoms with E-state index in [0.717, 1.165) is 17.2 Å². The zero-order chi connectivity index (χ0) is 21.5. The molecule has 0 unspecified atom stereocenters. The molecular weight excluding hydrogens is 382 g/mol. The number of rotatable bonds is 6. The third kappa shape index (κ3) is 5.09. The highest BCUT2D eigenvalue weighted by atomic mass is 16.5. The summed E-state index contributed by atoms with van der Waals surface area (Å²) in [5.41, 5.74) is 4.92. The van der Waals surface area contributed by atoms with Gasteiger partial charge in [-0.3, -0.25) is 14.8 Å². The number of ether oxygens (including phenoxy) is 1. The van der Waals surface area contributed by atoms with E-state index in [4.69, 9.17) is 9.94 Å². The van der Waals surface area contributed by atoms with Gasteiger partial charge in [-0.25, -0.2) is 10.5 Å². The van der Waals surface area contributed by atoms with Gasteiger partial charge in [0.2, 0.25) is 5.88 Å². The number of hydroxylamine groups is 1. The van der Waals surface area contributed by atoms with Gasteiger partial charge in [0.1, 0.15) is 11.3 Å². The first kappa shape index (κ1) is 20.8. The smallest absolute Gasteiger partial charge is 0.267 e. The molecule has 0 aliphatic carbocycles. The molecule has 1 aromatic heterocycles. The number of aromatic nitrogens is 1. The fourth-order valence-electron chi connectivity index (χ4n) is 2.81. The molecule has 2 amide bonds. The highest BCUT2D eigenvalue weighted by Gasteiger charge is 2.16. The SMILES string of the molecule is Cc1ccc(Oc2ncccc2C(=O)Nc2ccccc2/C=C/C(=O)NO)c(C)c1. The van der Waals surface area contributed by atoms with Gasteiger partial charge in [0.15, 0.2) is 0 Å². The predicted molar refractivity (Wildman–Crippen MR) is 114 cm³/mol. The number of hydrogen-bond donors (Lipinski definition) is 3. The normalized spacial score (nSPS) is 10.6. The summed E-state index contributed by atoms with van der Waals surface area (Å²) in [5, 5.41) is 11.4. The summed E-state index contributed by atoms with van der Waals surface area (Å²) in [5.74, 6) is -0.274. The van der Waals surface area contributed by atoms with Crippen molar-refractivity contribution in [1.82, 2.24) is 10.5 Å². The summed E-state index contributed by atoms with van der Waals surface area (Å²) in [6, 6.07) is 16.0. The van der Waals surface area contributed by atoms with Gasteiger partial charge in [-0.05, 0) is 55.3 Å². The number of anilines is 1. The van der Waals surface area contributed by atoms with E-state index in [-0.39, 0.29) is 11.4 Å². The van der Waals surface area contributed by atoms with Gasteiger partial charge in [-0.2, -0.15) is 0 Å². The molecule has 7 heteroatoms. The van der Waals surface area contributed by atoms with Crippen LogP contribution in [0, 0.1) is 13.8 Å². The molecule has 0 spiro atoms. The van der Waals surface area contributed by atoms with E-state index >= 15 is 0 Å². The van der Waals surface area contributed by atoms with Crippen molar-refractivity contribution in [2.45, 2.75) is 13.8 Å². The van der Waals surface area contributed by atoms with Crippen LogP contribution >= 0.6 is 0 Å². The molecule has 0 bridgehead atoms. The van der Waals surface area contributed by atoms with Gasteiger partial charge in [0.25, 0.3) is 11.8 Å². The fourth-order valence-corrected chi connectivity index (χ4v) is 2.81. The van der Waals surface area contributed by atoms with Crippen LogP contribution in [0.4, 0.5) is 5.69 Å². The van der Waals surface area contributed by atoms with Gasteiger partial charge in [0, 0.05) is 18.0 Å². The van der Waals surface area contributed by atoms with Crippen molar-refractivity contribution in [2.24, 2.45) is 0 Å². The Hall–Kier alpha value is -3.97. The van der Waals surface area contributed by atoms with Gasteiger partial charge in [-0.15, -0.1) is 0 Å². The largest absolute Gasteiger partial charge is 0.438 e. The Morgan fingerprint density at radius 3 is 2.63 bits per heavy atom. The number of amides is 2. The number of pyridine rings is 1. The van der Waals surface area contributed by atoms with Gasteiger partial charge in [0.05, 0.1) is 0 Å². The van der Waals surface area contributed by atoms with E-state index < -0.39 is 11.8 Å². The maximum atomic E-state index is 12.9. The van der Waals surface area contributed by atoms with Crippen LogP contribution in [0.5, 0.6) is 11.6 Å². The van der Waals surface area contributed by atoms with Crippen molar-refractivity contribution >= 4 is 23.6 Å². The first-order valence-corrected chi connectivity index (χ1v) is 9.20. The lowest BCUT2D eigenvalue weighted by molar-refractivity contribution is -0.124. The topological polar surface area (TPSA) is 101 Å². The Kier molecular flexibility index (Phi) is 6.56. The average molecular weight is 403 g/mol. The third-order valence-electron chi connectivity index (χ3n) is 4.29. The fraction of sp³-hybridized carbons (Fsp3) is 0.0870. The van der Waals surface area contributed by atoms with Crippen LogP contribution in [0.15, 0.2) is 66.9 Å². The van der Waals surface area contributed by atoms with E-state index in [1.54, 1.807) is 42.6 Å². The number of nitrogens with one attached hydrogen (secondary N) is 2. The Morgan fingerprint density at radius 2 is 1.87 bits per heavy atom. The van der Waals surface area contributed by atoms with Crippen LogP contribution in [0.2, 0.25) is 0 Å². The highest BCUT2D eigenvalue weighted by molar-refractivity contribution is 6.07. The summed E-state index contributed by atoms with van der Waals surface area (Å²) < 4.78 is 5.91. The van der Waals surface area contributed by atoms with Gasteiger partial charge < -0.3 is 10.1 Å². The Bertz CT molecular complexity index is 1110. The molecule has 0 aliphatic heterocycles. The van der Waals surface area contributed by atoms with E-state index in [0.29, 0.717) is 17.0 Å². The second kappa shape index (κ2) is 9.49. The van der Waals surface area contributed by atoms with Crippen LogP contribution in [-0.4, -0.2) is 22.0 Å². The molecule has 0 saturated heterocycles. The van der Waals surface area contributed by atoms with Crippen molar-refractivity contribution in [3.05, 3.63) is 89.1 Å². The molecule has 0 radical (unpaired) electrons. The molecule has 152 valence electrons. The summed E-state index contributed by atoms with van der Waals surface area (Å²) >= 11 is 0. The molecule has 0 aliphatic rings. The molecule has 0 atom stereocenters. The van der Waals surface area contributed by atoms with Crippen LogP contribution in [0.1, 0.15) is 27.0 Å². The van der Waals surface area contributed by atoms with E-state index in [9.17, 15) is 9.59 Å². The number of nitrogens with zero attached hydrogens (tertiary/aromatic N) is 1. The lowest BCUT2D eigenvalue weighted by Crippen LogP contribution is -2.15. The van der Waals surface area contributed by atoms with Crippen molar-refractivity contribution in [2.75, 3.05) is 5.32 Å². The van der Waals surface area contributed by atoms with Crippen molar-refractivity contribution in [3.8, 4) is 11.6 Å². The van der Waals surface area contributed by atoms with E-state index in [2.05, 4.69) is 10.3 Å². The minimum absolute atomic E-state index is 0.189. The van der Waals surface area contributed by atoms with Crippen molar-refractivity contribution < 1.29 is 19.5 Å². The van der Waals surface area contributed by atoms with Crippen LogP contribution in [0.25, 0.3) is 6.08 Å². The van der Waals surface area contributed by atoms with Crippen molar-refractivity contribution in [3.63, 3.8) is 0 Å². The molecule has 0 saturated carbocycles. The second-order valence-corrected chi connectivity index (χ2v) is 6.58. The first-order valence-electron chi connectivity index (χ1n) is 9.20. The number of para-hydroxylation sites is 1. The summed E-state index contributed by atoms with van der Waals surface area (Å²) in [6.07, 6.45) is 4.20. The molecule has 2 aromatic carbocycles. The molecule has 1 heterocycles. The molecule has 3 rings (SSSR count). The lowest BCUT2D eigenvalue weighted by atomic mass is 10.1. The molecular formula is C23H21N3O4. The summed E-state index contributed by atoms with van der Waals surface area (Å²) in [7, 11) is 0.